The van der Waals surface area contributed by atoms with Gasteiger partial charge in [0.2, 0.25) is 0 Å². The molecule has 1 aromatic heterocycles. The topological polar surface area (TPSA) is 71.1 Å². The number of hydrogen-bond donors (Lipinski definition) is 2. The molecule has 0 radical (unpaired) electrons. The number of aromatic nitrogens is 1. The summed E-state index contributed by atoms with van der Waals surface area (Å²) in [7, 11) is 0. The van der Waals surface area contributed by atoms with Gasteiger partial charge in [-0.1, -0.05) is 31.9 Å². The van der Waals surface area contributed by atoms with Crippen LogP contribution >= 0.6 is 11.8 Å². The zero-order valence-corrected chi connectivity index (χ0v) is 15.6. The summed E-state index contributed by atoms with van der Waals surface area (Å²) in [6, 6.07) is 10.8. The first kappa shape index (κ1) is 18.5. The highest BCUT2D eigenvalue weighted by atomic mass is 32.2. The van der Waals surface area contributed by atoms with E-state index in [4.69, 9.17) is 0 Å². The molecular weight excluding hydrogens is 346 g/mol. The molecule has 0 unspecified atom stereocenters. The lowest BCUT2D eigenvalue weighted by atomic mass is 10.1. The van der Waals surface area contributed by atoms with Gasteiger partial charge in [-0.15, -0.1) is 11.8 Å². The fourth-order valence-corrected chi connectivity index (χ4v) is 4.26. The lowest BCUT2D eigenvalue weighted by molar-refractivity contribution is 0.0844. The van der Waals surface area contributed by atoms with Crippen molar-refractivity contribution >= 4 is 23.6 Å². The molecule has 6 heteroatoms. The number of hydrazine groups is 1. The van der Waals surface area contributed by atoms with Gasteiger partial charge in [0.15, 0.2) is 0 Å². The van der Waals surface area contributed by atoms with Crippen molar-refractivity contribution in [2.45, 2.75) is 49.3 Å². The van der Waals surface area contributed by atoms with Gasteiger partial charge >= 0.3 is 0 Å². The molecule has 1 heterocycles. The third kappa shape index (κ3) is 4.64. The molecule has 1 aromatic carbocycles. The number of carbonyl (C=O) groups is 2. The third-order valence-electron chi connectivity index (χ3n) is 4.51. The van der Waals surface area contributed by atoms with Gasteiger partial charge in [0.1, 0.15) is 5.03 Å². The van der Waals surface area contributed by atoms with Gasteiger partial charge in [-0.2, -0.15) is 0 Å². The second-order valence-electron chi connectivity index (χ2n) is 6.34. The fraction of sp³-hybridized carbons (Fsp3) is 0.350. The van der Waals surface area contributed by atoms with Crippen LogP contribution in [-0.4, -0.2) is 22.0 Å². The van der Waals surface area contributed by atoms with E-state index in [1.54, 1.807) is 42.2 Å². The molecule has 0 aliphatic heterocycles. The summed E-state index contributed by atoms with van der Waals surface area (Å²) in [6.07, 6.45) is 7.40. The van der Waals surface area contributed by atoms with Crippen molar-refractivity contribution in [2.24, 2.45) is 0 Å². The van der Waals surface area contributed by atoms with Gasteiger partial charge < -0.3 is 0 Å². The van der Waals surface area contributed by atoms with Gasteiger partial charge in [-0.3, -0.25) is 20.4 Å². The van der Waals surface area contributed by atoms with Crippen LogP contribution in [-0.2, 0) is 6.42 Å². The Morgan fingerprint density at radius 2 is 1.77 bits per heavy atom. The van der Waals surface area contributed by atoms with Crippen LogP contribution in [0.1, 0.15) is 58.9 Å². The van der Waals surface area contributed by atoms with Gasteiger partial charge in [0, 0.05) is 17.0 Å². The summed E-state index contributed by atoms with van der Waals surface area (Å²) < 4.78 is 0. The van der Waals surface area contributed by atoms with Gasteiger partial charge in [-0.05, 0) is 49.1 Å². The van der Waals surface area contributed by atoms with Crippen LogP contribution in [0.15, 0.2) is 47.6 Å². The molecule has 0 bridgehead atoms. The van der Waals surface area contributed by atoms with E-state index in [1.165, 1.54) is 12.8 Å². The number of aryl methyl sites for hydroxylation is 1. The lowest BCUT2D eigenvalue weighted by Crippen LogP contribution is -2.41. The smallest absolute Gasteiger partial charge is 0.267 e. The Bertz CT molecular complexity index is 771. The molecule has 1 saturated carbocycles. The lowest BCUT2D eigenvalue weighted by Gasteiger charge is -2.12. The van der Waals surface area contributed by atoms with Crippen LogP contribution in [0, 0.1) is 0 Å². The maximum Gasteiger partial charge on any atom is 0.272 e. The van der Waals surface area contributed by atoms with E-state index in [2.05, 4.69) is 22.8 Å². The Labute approximate surface area is 158 Å². The van der Waals surface area contributed by atoms with Crippen molar-refractivity contribution < 1.29 is 9.59 Å². The summed E-state index contributed by atoms with van der Waals surface area (Å²) >= 11 is 1.66. The van der Waals surface area contributed by atoms with E-state index >= 15 is 0 Å². The first-order valence-electron chi connectivity index (χ1n) is 8.98. The Balaban J connectivity index is 1.61. The molecular formula is C20H23N3O2S. The SMILES string of the molecule is CCc1ccc(C(=O)NNC(=O)c2cccnc2SC2CCCC2)cc1. The van der Waals surface area contributed by atoms with E-state index < -0.39 is 0 Å². The molecule has 0 atom stereocenters. The van der Waals surface area contributed by atoms with E-state index in [0.29, 0.717) is 16.4 Å². The minimum absolute atomic E-state index is 0.338. The molecule has 2 aromatic rings. The number of hydrogen-bond acceptors (Lipinski definition) is 4. The Kier molecular flexibility index (Phi) is 6.28. The average Bonchev–Trinajstić information content (AvgIpc) is 3.19. The van der Waals surface area contributed by atoms with Crippen LogP contribution < -0.4 is 10.9 Å². The van der Waals surface area contributed by atoms with Crippen molar-refractivity contribution in [1.29, 1.82) is 0 Å². The number of amides is 2. The standard InChI is InChI=1S/C20H23N3O2S/c1-2-14-9-11-15(12-10-14)18(24)22-23-19(25)17-8-5-13-21-20(17)26-16-6-3-4-7-16/h5,8-13,16H,2-4,6-7H2,1H3,(H,22,24)(H,23,25). The molecule has 0 saturated heterocycles. The number of pyridine rings is 1. The maximum atomic E-state index is 12.5. The van der Waals surface area contributed by atoms with Crippen molar-refractivity contribution in [3.63, 3.8) is 0 Å². The molecule has 26 heavy (non-hydrogen) atoms. The Morgan fingerprint density at radius 1 is 1.08 bits per heavy atom. The predicted molar refractivity (Wildman–Crippen MR) is 103 cm³/mol. The molecule has 3 rings (SSSR count). The molecule has 2 N–H and O–H groups in total. The number of carbonyl (C=O) groups excluding carboxylic acids is 2. The Hall–Kier alpha value is -2.34. The summed E-state index contributed by atoms with van der Waals surface area (Å²) in [5, 5.41) is 1.24. The first-order valence-corrected chi connectivity index (χ1v) is 9.86. The zero-order chi connectivity index (χ0) is 18.4. The van der Waals surface area contributed by atoms with E-state index in [9.17, 15) is 9.59 Å². The summed E-state index contributed by atoms with van der Waals surface area (Å²) in [4.78, 5) is 29.1. The van der Waals surface area contributed by atoms with Crippen LogP contribution in [0.25, 0.3) is 0 Å². The zero-order valence-electron chi connectivity index (χ0n) is 14.8. The molecule has 0 spiro atoms. The Morgan fingerprint density at radius 3 is 2.46 bits per heavy atom. The summed E-state index contributed by atoms with van der Waals surface area (Å²) in [5.74, 6) is -0.688. The highest BCUT2D eigenvalue weighted by molar-refractivity contribution is 7.99. The first-order chi connectivity index (χ1) is 12.7. The van der Waals surface area contributed by atoms with Gasteiger partial charge in [-0.25, -0.2) is 4.98 Å². The number of nitrogens with one attached hydrogen (secondary N) is 2. The fourth-order valence-electron chi connectivity index (χ4n) is 2.97. The summed E-state index contributed by atoms with van der Waals surface area (Å²) in [5.41, 5.74) is 7.14. The molecule has 1 aliphatic carbocycles. The van der Waals surface area contributed by atoms with Crippen molar-refractivity contribution in [3.8, 4) is 0 Å². The monoisotopic (exact) mass is 369 g/mol. The van der Waals surface area contributed by atoms with Crippen LogP contribution in [0.2, 0.25) is 0 Å². The third-order valence-corrected chi connectivity index (χ3v) is 5.86. The quantitative estimate of drug-likeness (QED) is 0.788. The minimum Gasteiger partial charge on any atom is -0.267 e. The second-order valence-corrected chi connectivity index (χ2v) is 7.63. The van der Waals surface area contributed by atoms with E-state index in [0.717, 1.165) is 29.9 Å². The number of thioether (sulfide) groups is 1. The number of rotatable bonds is 5. The van der Waals surface area contributed by atoms with Crippen LogP contribution in [0.3, 0.4) is 0 Å². The predicted octanol–water partition coefficient (Wildman–Crippen LogP) is 3.75. The normalized spacial score (nSPS) is 14.2. The van der Waals surface area contributed by atoms with Crippen molar-refractivity contribution in [2.75, 3.05) is 0 Å². The molecule has 2 amide bonds. The van der Waals surface area contributed by atoms with Crippen molar-refractivity contribution in [3.05, 3.63) is 59.3 Å². The average molecular weight is 369 g/mol. The van der Waals surface area contributed by atoms with E-state index in [1.807, 2.05) is 12.1 Å². The van der Waals surface area contributed by atoms with Gasteiger partial charge in [0.05, 0.1) is 5.56 Å². The van der Waals surface area contributed by atoms with Crippen molar-refractivity contribution in [1.82, 2.24) is 15.8 Å². The second kappa shape index (κ2) is 8.85. The summed E-state index contributed by atoms with van der Waals surface area (Å²) in [6.45, 7) is 2.06. The van der Waals surface area contributed by atoms with E-state index in [-0.39, 0.29) is 11.8 Å². The highest BCUT2D eigenvalue weighted by Crippen LogP contribution is 2.35. The van der Waals surface area contributed by atoms with Gasteiger partial charge in [0.25, 0.3) is 11.8 Å². The maximum absolute atomic E-state index is 12.5. The molecule has 5 nitrogen and oxygen atoms in total. The van der Waals surface area contributed by atoms with Crippen LogP contribution in [0.4, 0.5) is 0 Å². The highest BCUT2D eigenvalue weighted by Gasteiger charge is 2.21. The minimum atomic E-state index is -0.350. The number of benzene rings is 1. The number of nitrogens with zero attached hydrogens (tertiary/aromatic N) is 1. The molecule has 136 valence electrons. The van der Waals surface area contributed by atoms with Crippen LogP contribution in [0.5, 0.6) is 0 Å². The molecule has 1 aliphatic rings. The largest absolute Gasteiger partial charge is 0.272 e. The molecule has 1 fully saturated rings.